The minimum Gasteiger partial charge on any atom is -0.495 e. The average molecular weight is 449 g/mol. The van der Waals surface area contributed by atoms with Gasteiger partial charge in [0, 0.05) is 18.5 Å². The number of carbonyl (C=O) groups excluding carboxylic acids is 1. The van der Waals surface area contributed by atoms with Gasteiger partial charge >= 0.3 is 5.97 Å². The highest BCUT2D eigenvalue weighted by molar-refractivity contribution is 6.32. The summed E-state index contributed by atoms with van der Waals surface area (Å²) in [6, 6.07) is 13.4. The highest BCUT2D eigenvalue weighted by atomic mass is 35.5. The van der Waals surface area contributed by atoms with Gasteiger partial charge in [-0.05, 0) is 30.3 Å². The van der Waals surface area contributed by atoms with E-state index in [1.165, 1.54) is 0 Å². The Morgan fingerprint density at radius 2 is 1.88 bits per heavy atom. The molecule has 0 aliphatic heterocycles. The van der Waals surface area contributed by atoms with Crippen LogP contribution in [0.15, 0.2) is 48.7 Å². The van der Waals surface area contributed by atoms with Crippen LogP contribution in [-0.2, 0) is 11.2 Å². The first kappa shape index (κ1) is 20.3. The Balaban J connectivity index is 1.89. The van der Waals surface area contributed by atoms with E-state index in [9.17, 15) is 4.79 Å². The first-order valence-corrected chi connectivity index (χ1v) is 10.8. The summed E-state index contributed by atoms with van der Waals surface area (Å²) >= 11 is 6.39. The zero-order chi connectivity index (χ0) is 22.4. The number of hydrogen-bond acceptors (Lipinski definition) is 5. The van der Waals surface area contributed by atoms with Gasteiger partial charge in [-0.15, -0.1) is 0 Å². The lowest BCUT2D eigenvalue weighted by Crippen LogP contribution is -2.06. The number of ether oxygens (including phenoxy) is 2. The maximum absolute atomic E-state index is 12.2. The SMILES string of the molecule is CCC(=O)Oc1cn(-c2ccc(OC)c(Cl)c2)c2nc(CC)n3c4ccccc4nc3c12. The van der Waals surface area contributed by atoms with E-state index >= 15 is 0 Å². The fourth-order valence-corrected chi connectivity index (χ4v) is 4.18. The maximum Gasteiger partial charge on any atom is 0.310 e. The van der Waals surface area contributed by atoms with Gasteiger partial charge in [0.2, 0.25) is 0 Å². The molecule has 0 N–H and O–H groups in total. The molecule has 0 atom stereocenters. The van der Waals surface area contributed by atoms with Crippen LogP contribution in [0.25, 0.3) is 33.4 Å². The molecule has 162 valence electrons. The molecule has 7 nitrogen and oxygen atoms in total. The van der Waals surface area contributed by atoms with E-state index in [1.807, 2.05) is 39.3 Å². The van der Waals surface area contributed by atoms with E-state index < -0.39 is 0 Å². The largest absolute Gasteiger partial charge is 0.495 e. The number of fused-ring (bicyclic) bond motifs is 5. The van der Waals surface area contributed by atoms with Crippen molar-refractivity contribution in [3.63, 3.8) is 0 Å². The van der Waals surface area contributed by atoms with Gasteiger partial charge in [0.1, 0.15) is 17.0 Å². The van der Waals surface area contributed by atoms with Crippen LogP contribution in [-0.4, -0.2) is 32.0 Å². The van der Waals surface area contributed by atoms with E-state index in [0.717, 1.165) is 22.5 Å². The van der Waals surface area contributed by atoms with E-state index in [-0.39, 0.29) is 12.4 Å². The summed E-state index contributed by atoms with van der Waals surface area (Å²) in [6.45, 7) is 3.82. The van der Waals surface area contributed by atoms with E-state index in [0.29, 0.717) is 39.6 Å². The van der Waals surface area contributed by atoms with Crippen LogP contribution in [0.1, 0.15) is 26.1 Å². The Morgan fingerprint density at radius 1 is 1.06 bits per heavy atom. The standard InChI is InChI=1S/C24H21ClN4O3/c1-4-20-27-23-22(24-26-16-8-6-7-9-17(16)29(20)24)19(32-21(30)5-2)13-28(23)14-10-11-18(31-3)15(25)12-14/h6-13H,4-5H2,1-3H3. The number of halogens is 1. The zero-order valence-corrected chi connectivity index (χ0v) is 18.7. The van der Waals surface area contributed by atoms with Crippen molar-refractivity contribution in [3.05, 3.63) is 59.5 Å². The van der Waals surface area contributed by atoms with Gasteiger partial charge in [-0.2, -0.15) is 0 Å². The molecule has 0 saturated heterocycles. The lowest BCUT2D eigenvalue weighted by molar-refractivity contribution is -0.133. The van der Waals surface area contributed by atoms with Crippen LogP contribution in [0.4, 0.5) is 0 Å². The second-order valence-electron chi connectivity index (χ2n) is 7.35. The molecule has 0 radical (unpaired) electrons. The Kier molecular flexibility index (Phi) is 4.98. The number of rotatable bonds is 5. The smallest absolute Gasteiger partial charge is 0.310 e. The second-order valence-corrected chi connectivity index (χ2v) is 7.76. The number of benzene rings is 2. The quantitative estimate of drug-likeness (QED) is 0.338. The van der Waals surface area contributed by atoms with Crippen LogP contribution >= 0.6 is 11.6 Å². The molecule has 0 aliphatic rings. The van der Waals surface area contributed by atoms with Gasteiger partial charge in [0.05, 0.1) is 29.4 Å². The second kappa shape index (κ2) is 7.84. The molecule has 2 aromatic carbocycles. The molecule has 0 saturated carbocycles. The third-order valence-corrected chi connectivity index (χ3v) is 5.76. The predicted octanol–water partition coefficient (Wildman–Crippen LogP) is 5.37. The van der Waals surface area contributed by atoms with Gasteiger partial charge in [0.25, 0.3) is 0 Å². The summed E-state index contributed by atoms with van der Waals surface area (Å²) in [7, 11) is 1.57. The molecule has 0 fully saturated rings. The van der Waals surface area contributed by atoms with E-state index in [1.54, 1.807) is 32.4 Å². The van der Waals surface area contributed by atoms with E-state index in [4.69, 9.17) is 31.0 Å². The molecule has 0 bridgehead atoms. The van der Waals surface area contributed by atoms with E-state index in [2.05, 4.69) is 6.92 Å². The number of imidazole rings is 1. The molecule has 0 spiro atoms. The number of methoxy groups -OCH3 is 1. The van der Waals surface area contributed by atoms with Crippen LogP contribution in [0.2, 0.25) is 5.02 Å². The minimum atomic E-state index is -0.328. The fraction of sp³-hybridized carbons (Fsp3) is 0.208. The molecule has 3 heterocycles. The fourth-order valence-electron chi connectivity index (χ4n) is 3.93. The number of aromatic nitrogens is 4. The lowest BCUT2D eigenvalue weighted by Gasteiger charge is -2.10. The molecule has 0 aliphatic carbocycles. The number of esters is 1. The van der Waals surface area contributed by atoms with Crippen LogP contribution in [0.5, 0.6) is 11.5 Å². The van der Waals surface area contributed by atoms with Crippen molar-refractivity contribution >= 4 is 45.3 Å². The normalized spacial score (nSPS) is 11.5. The maximum atomic E-state index is 12.2. The van der Waals surface area contributed by atoms with Gasteiger partial charge in [-0.3, -0.25) is 13.8 Å². The van der Waals surface area contributed by atoms with Gasteiger partial charge < -0.3 is 9.47 Å². The number of carbonyl (C=O) groups is 1. The van der Waals surface area contributed by atoms with Crippen molar-refractivity contribution in [1.29, 1.82) is 0 Å². The monoisotopic (exact) mass is 448 g/mol. The molecule has 5 rings (SSSR count). The molecule has 0 amide bonds. The van der Waals surface area contributed by atoms with Crippen LogP contribution in [0, 0.1) is 0 Å². The molecule has 3 aromatic heterocycles. The van der Waals surface area contributed by atoms with Gasteiger partial charge in [-0.1, -0.05) is 37.6 Å². The van der Waals surface area contributed by atoms with Crippen molar-refractivity contribution in [2.75, 3.05) is 7.11 Å². The number of aryl methyl sites for hydroxylation is 1. The molecule has 5 aromatic rings. The summed E-state index contributed by atoms with van der Waals surface area (Å²) < 4.78 is 14.9. The molecular weight excluding hydrogens is 428 g/mol. The first-order chi connectivity index (χ1) is 15.5. The topological polar surface area (TPSA) is 70.7 Å². The third-order valence-electron chi connectivity index (χ3n) is 5.46. The van der Waals surface area contributed by atoms with Crippen molar-refractivity contribution in [3.8, 4) is 17.2 Å². The first-order valence-electron chi connectivity index (χ1n) is 10.4. The average Bonchev–Trinajstić information content (AvgIpc) is 3.37. The summed E-state index contributed by atoms with van der Waals surface area (Å²) in [5.41, 5.74) is 3.93. The molecular formula is C24H21ClN4O3. The predicted molar refractivity (Wildman–Crippen MR) is 124 cm³/mol. The molecule has 8 heteroatoms. The van der Waals surface area contributed by atoms with Crippen LogP contribution < -0.4 is 9.47 Å². The van der Waals surface area contributed by atoms with Crippen molar-refractivity contribution in [1.82, 2.24) is 18.9 Å². The Morgan fingerprint density at radius 3 is 2.59 bits per heavy atom. The minimum absolute atomic E-state index is 0.258. The summed E-state index contributed by atoms with van der Waals surface area (Å²) in [4.78, 5) is 22.1. The Labute approximate surface area is 189 Å². The third kappa shape index (κ3) is 3.08. The molecule has 0 unspecified atom stereocenters. The Hall–Kier alpha value is -3.58. The summed E-state index contributed by atoms with van der Waals surface area (Å²) in [6.07, 6.45) is 2.72. The number of hydrogen-bond donors (Lipinski definition) is 0. The summed E-state index contributed by atoms with van der Waals surface area (Å²) in [5, 5.41) is 1.15. The Bertz CT molecular complexity index is 1500. The molecule has 32 heavy (non-hydrogen) atoms. The number of nitrogens with zero attached hydrogens (tertiary/aromatic N) is 4. The van der Waals surface area contributed by atoms with Crippen molar-refractivity contribution < 1.29 is 14.3 Å². The zero-order valence-electron chi connectivity index (χ0n) is 17.9. The van der Waals surface area contributed by atoms with Gasteiger partial charge in [0.15, 0.2) is 17.0 Å². The summed E-state index contributed by atoms with van der Waals surface area (Å²) in [5.74, 6) is 1.52. The highest BCUT2D eigenvalue weighted by Gasteiger charge is 2.22. The highest BCUT2D eigenvalue weighted by Crippen LogP contribution is 2.36. The van der Waals surface area contributed by atoms with Crippen molar-refractivity contribution in [2.24, 2.45) is 0 Å². The lowest BCUT2D eigenvalue weighted by atomic mass is 10.3. The van der Waals surface area contributed by atoms with Crippen molar-refractivity contribution in [2.45, 2.75) is 26.7 Å². The van der Waals surface area contributed by atoms with Crippen LogP contribution in [0.3, 0.4) is 0 Å². The number of para-hydroxylation sites is 2. The van der Waals surface area contributed by atoms with Gasteiger partial charge in [-0.25, -0.2) is 9.97 Å².